The Labute approximate surface area is 173 Å². The van der Waals surface area contributed by atoms with Gasteiger partial charge in [0.1, 0.15) is 17.3 Å². The number of aromatic nitrogens is 1. The van der Waals surface area contributed by atoms with Crippen LogP contribution in [0.2, 0.25) is 0 Å². The second kappa shape index (κ2) is 7.09. The lowest BCUT2D eigenvalue weighted by molar-refractivity contribution is 0.102. The summed E-state index contributed by atoms with van der Waals surface area (Å²) in [5.41, 5.74) is 2.83. The van der Waals surface area contributed by atoms with Gasteiger partial charge in [-0.15, -0.1) is 0 Å². The van der Waals surface area contributed by atoms with Gasteiger partial charge < -0.3 is 20.1 Å². The van der Waals surface area contributed by atoms with Crippen LogP contribution < -0.4 is 10.2 Å². The van der Waals surface area contributed by atoms with Gasteiger partial charge in [0.25, 0.3) is 5.91 Å². The van der Waals surface area contributed by atoms with Gasteiger partial charge in [-0.05, 0) is 68.8 Å². The van der Waals surface area contributed by atoms with Gasteiger partial charge in [-0.1, -0.05) is 6.07 Å². The molecule has 7 heteroatoms. The summed E-state index contributed by atoms with van der Waals surface area (Å²) in [7, 11) is 2.14. The molecule has 0 saturated carbocycles. The Morgan fingerprint density at radius 1 is 1.17 bits per heavy atom. The van der Waals surface area contributed by atoms with Crippen LogP contribution in [0.1, 0.15) is 22.5 Å². The van der Waals surface area contributed by atoms with Gasteiger partial charge in [-0.3, -0.25) is 4.79 Å². The number of aromatic amines is 1. The molecule has 2 N–H and O–H groups in total. The molecule has 3 heterocycles. The van der Waals surface area contributed by atoms with Gasteiger partial charge in [0, 0.05) is 35.9 Å². The normalized spacial score (nSPS) is 21.4. The number of anilines is 2. The maximum atomic E-state index is 14.3. The lowest BCUT2D eigenvalue weighted by Crippen LogP contribution is -2.32. The zero-order chi connectivity index (χ0) is 21.0. The SMILES string of the molecule is Cc1ccc(F)c2cc(C(=O)Nc3cc(F)cc(N4C[C@H]5CCN(C)[C@H]5C4)c3)[nH]c12. The molecule has 0 unspecified atom stereocenters. The molecule has 2 aliphatic heterocycles. The number of halogens is 2. The zero-order valence-corrected chi connectivity index (χ0v) is 17.0. The van der Waals surface area contributed by atoms with Gasteiger partial charge in [0.15, 0.2) is 0 Å². The zero-order valence-electron chi connectivity index (χ0n) is 17.0. The molecule has 0 spiro atoms. The number of nitrogens with zero attached hydrogens (tertiary/aromatic N) is 2. The molecule has 1 amide bonds. The van der Waals surface area contributed by atoms with Crippen molar-refractivity contribution in [1.29, 1.82) is 0 Å². The molecular weight excluding hydrogens is 386 g/mol. The average molecular weight is 410 g/mol. The summed E-state index contributed by atoms with van der Waals surface area (Å²) in [5, 5.41) is 3.12. The predicted octanol–water partition coefficient (Wildman–Crippen LogP) is 4.15. The largest absolute Gasteiger partial charge is 0.369 e. The number of benzene rings is 2. The number of nitrogens with one attached hydrogen (secondary N) is 2. The molecule has 0 aliphatic carbocycles. The van der Waals surface area contributed by atoms with Gasteiger partial charge in [-0.25, -0.2) is 8.78 Å². The van der Waals surface area contributed by atoms with Crippen LogP contribution in [0.4, 0.5) is 20.2 Å². The van der Waals surface area contributed by atoms with Gasteiger partial charge in [-0.2, -0.15) is 0 Å². The first-order chi connectivity index (χ1) is 14.4. The highest BCUT2D eigenvalue weighted by Gasteiger charge is 2.39. The Kier molecular flexibility index (Phi) is 4.50. The molecule has 2 aromatic carbocycles. The van der Waals surface area contributed by atoms with E-state index in [1.165, 1.54) is 24.3 Å². The second-order valence-electron chi connectivity index (χ2n) is 8.49. The number of carbonyl (C=O) groups excluding carboxylic acids is 1. The highest BCUT2D eigenvalue weighted by Crippen LogP contribution is 2.34. The van der Waals surface area contributed by atoms with Crippen LogP contribution in [0.15, 0.2) is 36.4 Å². The van der Waals surface area contributed by atoms with Crippen molar-refractivity contribution in [3.63, 3.8) is 0 Å². The smallest absolute Gasteiger partial charge is 0.272 e. The van der Waals surface area contributed by atoms with Gasteiger partial charge in [0.2, 0.25) is 0 Å². The molecule has 1 aromatic heterocycles. The minimum Gasteiger partial charge on any atom is -0.369 e. The summed E-state index contributed by atoms with van der Waals surface area (Å²) in [6.45, 7) is 4.71. The molecule has 0 bridgehead atoms. The van der Waals surface area contributed by atoms with Crippen molar-refractivity contribution in [2.75, 3.05) is 36.9 Å². The monoisotopic (exact) mass is 410 g/mol. The summed E-state index contributed by atoms with van der Waals surface area (Å²) in [6, 6.07) is 9.65. The molecule has 2 atom stereocenters. The van der Waals surface area contributed by atoms with E-state index < -0.39 is 11.7 Å². The Hall–Kier alpha value is -2.93. The van der Waals surface area contributed by atoms with Gasteiger partial charge in [0.05, 0.1) is 5.52 Å². The van der Waals surface area contributed by atoms with Crippen molar-refractivity contribution >= 4 is 28.2 Å². The Bertz CT molecular complexity index is 1100. The first-order valence-electron chi connectivity index (χ1n) is 10.2. The average Bonchev–Trinajstić information content (AvgIpc) is 3.41. The highest BCUT2D eigenvalue weighted by atomic mass is 19.1. The van der Waals surface area contributed by atoms with E-state index in [1.54, 1.807) is 12.1 Å². The number of fused-ring (bicyclic) bond motifs is 2. The van der Waals surface area contributed by atoms with E-state index >= 15 is 0 Å². The number of rotatable bonds is 3. The first kappa shape index (κ1) is 19.1. The Balaban J connectivity index is 1.38. The van der Waals surface area contributed by atoms with Crippen LogP contribution in [0, 0.1) is 24.5 Å². The van der Waals surface area contributed by atoms with Crippen molar-refractivity contribution < 1.29 is 13.6 Å². The maximum absolute atomic E-state index is 14.3. The van der Waals surface area contributed by atoms with Crippen LogP contribution in [0.5, 0.6) is 0 Å². The van der Waals surface area contributed by atoms with Crippen molar-refractivity contribution in [1.82, 2.24) is 9.88 Å². The topological polar surface area (TPSA) is 51.4 Å². The molecule has 156 valence electrons. The minimum atomic E-state index is -0.431. The number of H-pyrrole nitrogens is 1. The van der Waals surface area contributed by atoms with E-state index in [1.807, 2.05) is 6.92 Å². The third-order valence-corrected chi connectivity index (χ3v) is 6.52. The number of likely N-dealkylation sites (tertiary alicyclic amines) is 1. The lowest BCUT2D eigenvalue weighted by atomic mass is 10.1. The van der Waals surface area contributed by atoms with Crippen LogP contribution in [0.25, 0.3) is 10.9 Å². The van der Waals surface area contributed by atoms with E-state index in [0.29, 0.717) is 28.6 Å². The van der Waals surface area contributed by atoms with E-state index in [0.717, 1.165) is 37.3 Å². The Morgan fingerprint density at radius 3 is 2.77 bits per heavy atom. The number of amides is 1. The number of hydrogen-bond acceptors (Lipinski definition) is 3. The van der Waals surface area contributed by atoms with Crippen LogP contribution in [-0.4, -0.2) is 48.5 Å². The fourth-order valence-corrected chi connectivity index (χ4v) is 4.86. The number of carbonyl (C=O) groups is 1. The predicted molar refractivity (Wildman–Crippen MR) is 114 cm³/mol. The molecule has 2 saturated heterocycles. The maximum Gasteiger partial charge on any atom is 0.272 e. The van der Waals surface area contributed by atoms with E-state index in [4.69, 9.17) is 0 Å². The lowest BCUT2D eigenvalue weighted by Gasteiger charge is -2.23. The summed E-state index contributed by atoms with van der Waals surface area (Å²) in [5.74, 6) is -0.615. The number of hydrogen-bond donors (Lipinski definition) is 2. The summed E-state index contributed by atoms with van der Waals surface area (Å²) in [4.78, 5) is 20.3. The fourth-order valence-electron chi connectivity index (χ4n) is 4.86. The van der Waals surface area contributed by atoms with E-state index in [2.05, 4.69) is 27.1 Å². The summed E-state index contributed by atoms with van der Waals surface area (Å²) in [6.07, 6.45) is 1.16. The van der Waals surface area contributed by atoms with Crippen LogP contribution in [-0.2, 0) is 0 Å². The van der Waals surface area contributed by atoms with Crippen molar-refractivity contribution in [3.8, 4) is 0 Å². The molecular formula is C23H24F2N4O. The molecule has 2 fully saturated rings. The van der Waals surface area contributed by atoms with Gasteiger partial charge >= 0.3 is 0 Å². The van der Waals surface area contributed by atoms with E-state index in [9.17, 15) is 13.6 Å². The molecule has 5 rings (SSSR count). The third kappa shape index (κ3) is 3.23. The van der Waals surface area contributed by atoms with Crippen molar-refractivity contribution in [2.45, 2.75) is 19.4 Å². The van der Waals surface area contributed by atoms with Crippen LogP contribution >= 0.6 is 0 Å². The molecule has 0 radical (unpaired) electrons. The first-order valence-corrected chi connectivity index (χ1v) is 10.2. The molecule has 5 nitrogen and oxygen atoms in total. The highest BCUT2D eigenvalue weighted by molar-refractivity contribution is 6.06. The minimum absolute atomic E-state index is 0.237. The molecule has 30 heavy (non-hydrogen) atoms. The van der Waals surface area contributed by atoms with Crippen molar-refractivity contribution in [3.05, 3.63) is 59.3 Å². The second-order valence-corrected chi connectivity index (χ2v) is 8.49. The fraction of sp³-hybridized carbons (Fsp3) is 0.348. The third-order valence-electron chi connectivity index (χ3n) is 6.52. The number of likely N-dealkylation sites (N-methyl/N-ethyl adjacent to an activating group) is 1. The molecule has 3 aromatic rings. The summed E-state index contributed by atoms with van der Waals surface area (Å²) >= 11 is 0. The van der Waals surface area contributed by atoms with E-state index in [-0.39, 0.29) is 11.5 Å². The summed E-state index contributed by atoms with van der Waals surface area (Å²) < 4.78 is 28.4. The Morgan fingerprint density at radius 2 is 2.00 bits per heavy atom. The standard InChI is InChI=1S/C23H24F2N4O/c1-13-3-4-19(25)18-10-20(27-22(13)18)23(30)26-16-7-15(24)8-17(9-16)29-11-14-5-6-28(2)21(14)12-29/h3-4,7-10,14,21,27H,5-6,11-12H2,1-2H3,(H,26,30)/t14-,21+/m1/s1. The van der Waals surface area contributed by atoms with Crippen LogP contribution in [0.3, 0.4) is 0 Å². The number of aryl methyl sites for hydroxylation is 1. The quantitative estimate of drug-likeness (QED) is 0.682. The molecule has 2 aliphatic rings. The van der Waals surface area contributed by atoms with Crippen molar-refractivity contribution in [2.24, 2.45) is 5.92 Å².